The fraction of sp³-hybridized carbons (Fsp3) is 0.938. The molecule has 4 nitrogen and oxygen atoms in total. The lowest BCUT2D eigenvalue weighted by Gasteiger charge is -2.42. The van der Waals surface area contributed by atoms with Gasteiger partial charge in [0, 0.05) is 31.0 Å². The standard InChI is InChI=1S/C16H28N2O2/c1-17(2)11-15(12-19)6-8-18(9-7-15)14(20)13-10-16(13)4-3-5-16/h13,19H,3-12H2,1-2H3/t13-/m1/s1. The van der Waals surface area contributed by atoms with Crippen molar-refractivity contribution in [2.75, 3.05) is 40.3 Å². The van der Waals surface area contributed by atoms with Gasteiger partial charge in [0.2, 0.25) is 5.91 Å². The van der Waals surface area contributed by atoms with Gasteiger partial charge in [0.05, 0.1) is 6.61 Å². The SMILES string of the molecule is CN(C)CC1(CO)CCN(C(=O)[C@H]2CC23CCC3)CC1. The van der Waals surface area contributed by atoms with Gasteiger partial charge in [-0.05, 0) is 51.6 Å². The number of carbonyl (C=O) groups excluding carboxylic acids is 1. The molecule has 0 aromatic heterocycles. The second-order valence-electron chi connectivity index (χ2n) is 7.69. The summed E-state index contributed by atoms with van der Waals surface area (Å²) in [6, 6.07) is 0. The first-order valence-corrected chi connectivity index (χ1v) is 8.05. The van der Waals surface area contributed by atoms with E-state index in [0.29, 0.717) is 17.2 Å². The summed E-state index contributed by atoms with van der Waals surface area (Å²) < 4.78 is 0. The average Bonchev–Trinajstić information content (AvgIpc) is 3.14. The van der Waals surface area contributed by atoms with Crippen molar-refractivity contribution in [3.8, 4) is 0 Å². The Morgan fingerprint density at radius 2 is 1.90 bits per heavy atom. The first-order valence-electron chi connectivity index (χ1n) is 8.05. The van der Waals surface area contributed by atoms with E-state index in [1.54, 1.807) is 0 Å². The maximum atomic E-state index is 12.5. The van der Waals surface area contributed by atoms with Gasteiger partial charge in [0.25, 0.3) is 0 Å². The van der Waals surface area contributed by atoms with E-state index in [9.17, 15) is 9.90 Å². The van der Waals surface area contributed by atoms with Gasteiger partial charge in [-0.25, -0.2) is 0 Å². The summed E-state index contributed by atoms with van der Waals surface area (Å²) in [6.45, 7) is 2.82. The molecule has 4 heteroatoms. The lowest BCUT2D eigenvalue weighted by Crippen LogP contribution is -2.49. The number of carbonyl (C=O) groups is 1. The van der Waals surface area contributed by atoms with Crippen LogP contribution in [0.2, 0.25) is 0 Å². The van der Waals surface area contributed by atoms with Crippen LogP contribution < -0.4 is 0 Å². The van der Waals surface area contributed by atoms with Crippen LogP contribution in [0.3, 0.4) is 0 Å². The monoisotopic (exact) mass is 280 g/mol. The maximum absolute atomic E-state index is 12.5. The van der Waals surface area contributed by atoms with E-state index in [1.165, 1.54) is 19.3 Å². The third-order valence-corrected chi connectivity index (χ3v) is 5.96. The zero-order valence-corrected chi connectivity index (χ0v) is 12.9. The van der Waals surface area contributed by atoms with Crippen molar-refractivity contribution in [1.29, 1.82) is 0 Å². The predicted octanol–water partition coefficient (Wildman–Crippen LogP) is 1.34. The van der Waals surface area contributed by atoms with E-state index in [0.717, 1.165) is 38.9 Å². The van der Waals surface area contributed by atoms with Gasteiger partial charge in [-0.2, -0.15) is 0 Å². The molecule has 1 atom stereocenters. The Kier molecular flexibility index (Phi) is 3.57. The molecule has 3 aliphatic rings. The van der Waals surface area contributed by atoms with Gasteiger partial charge in [-0.15, -0.1) is 0 Å². The van der Waals surface area contributed by atoms with Crippen LogP contribution in [0.5, 0.6) is 0 Å². The number of nitrogens with zero attached hydrogens (tertiary/aromatic N) is 2. The van der Waals surface area contributed by atoms with Gasteiger partial charge >= 0.3 is 0 Å². The van der Waals surface area contributed by atoms with Crippen molar-refractivity contribution >= 4 is 5.91 Å². The average molecular weight is 280 g/mol. The van der Waals surface area contributed by atoms with Crippen LogP contribution >= 0.6 is 0 Å². The van der Waals surface area contributed by atoms with Crippen molar-refractivity contribution in [2.24, 2.45) is 16.7 Å². The highest BCUT2D eigenvalue weighted by molar-refractivity contribution is 5.83. The normalized spacial score (nSPS) is 30.4. The molecule has 0 aromatic rings. The molecule has 0 bridgehead atoms. The van der Waals surface area contributed by atoms with E-state index in [1.807, 2.05) is 0 Å². The number of hydrogen-bond donors (Lipinski definition) is 1. The summed E-state index contributed by atoms with van der Waals surface area (Å²) in [4.78, 5) is 16.8. The minimum atomic E-state index is -0.00200. The Labute approximate surface area is 122 Å². The third-order valence-electron chi connectivity index (χ3n) is 5.96. The van der Waals surface area contributed by atoms with Crippen LogP contribution in [0, 0.1) is 16.7 Å². The zero-order valence-electron chi connectivity index (χ0n) is 12.9. The minimum absolute atomic E-state index is 0.00200. The van der Waals surface area contributed by atoms with Crippen LogP contribution in [0.15, 0.2) is 0 Å². The van der Waals surface area contributed by atoms with E-state index in [4.69, 9.17) is 0 Å². The fourth-order valence-electron chi connectivity index (χ4n) is 4.34. The largest absolute Gasteiger partial charge is 0.396 e. The number of likely N-dealkylation sites (tertiary alicyclic amines) is 1. The van der Waals surface area contributed by atoms with Crippen LogP contribution in [-0.2, 0) is 4.79 Å². The molecule has 1 saturated heterocycles. The smallest absolute Gasteiger partial charge is 0.226 e. The summed E-state index contributed by atoms with van der Waals surface area (Å²) >= 11 is 0. The molecule has 3 rings (SSSR count). The number of rotatable bonds is 4. The van der Waals surface area contributed by atoms with Crippen molar-refractivity contribution in [1.82, 2.24) is 9.80 Å². The molecule has 0 aromatic carbocycles. The Balaban J connectivity index is 1.54. The van der Waals surface area contributed by atoms with Crippen molar-refractivity contribution in [2.45, 2.75) is 38.5 Å². The molecule has 3 fully saturated rings. The highest BCUT2D eigenvalue weighted by Gasteiger charge is 2.61. The van der Waals surface area contributed by atoms with E-state index >= 15 is 0 Å². The lowest BCUT2D eigenvalue weighted by atomic mass is 9.77. The number of aliphatic hydroxyl groups is 1. The molecular formula is C16H28N2O2. The highest BCUT2D eigenvalue weighted by atomic mass is 16.3. The topological polar surface area (TPSA) is 43.8 Å². The van der Waals surface area contributed by atoms with Crippen LogP contribution in [0.1, 0.15) is 38.5 Å². The van der Waals surface area contributed by atoms with Gasteiger partial charge in [0.1, 0.15) is 0 Å². The number of aliphatic hydroxyl groups excluding tert-OH is 1. The zero-order chi connectivity index (χ0) is 14.4. The van der Waals surface area contributed by atoms with Crippen molar-refractivity contribution < 1.29 is 9.90 Å². The van der Waals surface area contributed by atoms with Gasteiger partial charge in [-0.3, -0.25) is 4.79 Å². The van der Waals surface area contributed by atoms with Gasteiger partial charge in [0.15, 0.2) is 0 Å². The minimum Gasteiger partial charge on any atom is -0.396 e. The van der Waals surface area contributed by atoms with Gasteiger partial charge < -0.3 is 14.9 Å². The fourth-order valence-corrected chi connectivity index (χ4v) is 4.34. The predicted molar refractivity (Wildman–Crippen MR) is 78.3 cm³/mol. The third kappa shape index (κ3) is 2.37. The molecule has 0 radical (unpaired) electrons. The van der Waals surface area contributed by atoms with Crippen LogP contribution in [0.4, 0.5) is 0 Å². The quantitative estimate of drug-likeness (QED) is 0.845. The summed E-state index contributed by atoms with van der Waals surface area (Å²) in [6.07, 6.45) is 6.89. The van der Waals surface area contributed by atoms with E-state index in [2.05, 4.69) is 23.9 Å². The van der Waals surface area contributed by atoms with E-state index in [-0.39, 0.29) is 12.0 Å². The lowest BCUT2D eigenvalue weighted by molar-refractivity contribution is -0.137. The first-order chi connectivity index (χ1) is 9.50. The molecule has 1 N–H and O–H groups in total. The Bertz CT molecular complexity index is 382. The maximum Gasteiger partial charge on any atom is 0.226 e. The van der Waals surface area contributed by atoms with Gasteiger partial charge in [-0.1, -0.05) is 6.42 Å². The molecule has 1 heterocycles. The summed E-state index contributed by atoms with van der Waals surface area (Å²) in [7, 11) is 4.11. The molecular weight excluding hydrogens is 252 g/mol. The van der Waals surface area contributed by atoms with E-state index < -0.39 is 0 Å². The Morgan fingerprint density at radius 1 is 1.25 bits per heavy atom. The molecule has 2 aliphatic carbocycles. The summed E-state index contributed by atoms with van der Waals surface area (Å²) in [5.74, 6) is 0.743. The first kappa shape index (κ1) is 14.3. The molecule has 2 saturated carbocycles. The molecule has 114 valence electrons. The van der Waals surface area contributed by atoms with Crippen LogP contribution in [0.25, 0.3) is 0 Å². The Hall–Kier alpha value is -0.610. The van der Waals surface area contributed by atoms with Crippen molar-refractivity contribution in [3.05, 3.63) is 0 Å². The van der Waals surface area contributed by atoms with Crippen LogP contribution in [-0.4, -0.2) is 61.2 Å². The number of hydrogen-bond acceptors (Lipinski definition) is 3. The summed E-state index contributed by atoms with van der Waals surface area (Å²) in [5, 5.41) is 9.74. The molecule has 1 amide bonds. The second kappa shape index (κ2) is 4.99. The molecule has 20 heavy (non-hydrogen) atoms. The number of piperidine rings is 1. The summed E-state index contributed by atoms with van der Waals surface area (Å²) in [5.41, 5.74) is 0.435. The Morgan fingerprint density at radius 3 is 2.30 bits per heavy atom. The highest BCUT2D eigenvalue weighted by Crippen LogP contribution is 2.66. The number of amides is 1. The van der Waals surface area contributed by atoms with Crippen molar-refractivity contribution in [3.63, 3.8) is 0 Å². The second-order valence-corrected chi connectivity index (χ2v) is 7.69. The molecule has 1 spiro atoms. The molecule has 1 aliphatic heterocycles. The molecule has 0 unspecified atom stereocenters.